The third-order valence-electron chi connectivity index (χ3n) is 7.02. The van der Waals surface area contributed by atoms with Gasteiger partial charge in [-0.25, -0.2) is 0 Å². The van der Waals surface area contributed by atoms with Gasteiger partial charge in [-0.1, -0.05) is 29.8 Å². The predicted octanol–water partition coefficient (Wildman–Crippen LogP) is 2.61. The number of morpholine rings is 1. The Morgan fingerprint density at radius 3 is 2.43 bits per heavy atom. The number of aliphatic hydroxyl groups is 1. The number of benzene rings is 2. The standard InChI is InChI=1S/C26H26ClN3O5/c1-28-20-6-3-2-5-19(20)26(25(28)34)21(22(31)17-7-9-18(27)10-8-17)23(32)24(33)30(26)12-4-11-29-13-15-35-16-14-29/h2-3,5-10,31H,4,11-16H2,1H3/t26-/m0/s1. The van der Waals surface area contributed by atoms with E-state index in [9.17, 15) is 19.5 Å². The number of nitrogens with zero attached hydrogens (tertiary/aromatic N) is 3. The summed E-state index contributed by atoms with van der Waals surface area (Å²) < 4.78 is 5.40. The molecule has 2 fully saturated rings. The number of carbonyl (C=O) groups excluding carboxylic acids is 3. The zero-order valence-electron chi connectivity index (χ0n) is 19.4. The van der Waals surface area contributed by atoms with Crippen molar-refractivity contribution in [1.82, 2.24) is 9.80 Å². The quantitative estimate of drug-likeness (QED) is 0.389. The van der Waals surface area contributed by atoms with Crippen LogP contribution < -0.4 is 4.90 Å². The van der Waals surface area contributed by atoms with Gasteiger partial charge in [-0.3, -0.25) is 19.3 Å². The third-order valence-corrected chi connectivity index (χ3v) is 7.27. The predicted molar refractivity (Wildman–Crippen MR) is 131 cm³/mol. The Hall–Kier alpha value is -3.20. The van der Waals surface area contributed by atoms with E-state index in [-0.39, 0.29) is 12.1 Å². The van der Waals surface area contributed by atoms with E-state index in [0.717, 1.165) is 13.1 Å². The summed E-state index contributed by atoms with van der Waals surface area (Å²) in [6.45, 7) is 3.79. The molecule has 0 aromatic heterocycles. The Balaban J connectivity index is 1.63. The molecule has 0 saturated carbocycles. The molecule has 1 atom stereocenters. The lowest BCUT2D eigenvalue weighted by atomic mass is 9.82. The van der Waals surface area contributed by atoms with Gasteiger partial charge in [0.05, 0.1) is 18.8 Å². The highest BCUT2D eigenvalue weighted by Crippen LogP contribution is 2.53. The van der Waals surface area contributed by atoms with Crippen molar-refractivity contribution >= 4 is 40.6 Å². The molecule has 182 valence electrons. The minimum Gasteiger partial charge on any atom is -0.507 e. The highest BCUT2D eigenvalue weighted by atomic mass is 35.5. The Kier molecular flexibility index (Phi) is 6.13. The molecule has 9 heteroatoms. The summed E-state index contributed by atoms with van der Waals surface area (Å²) in [5, 5.41) is 11.8. The Morgan fingerprint density at radius 2 is 1.71 bits per heavy atom. The van der Waals surface area contributed by atoms with Gasteiger partial charge >= 0.3 is 0 Å². The van der Waals surface area contributed by atoms with Gasteiger partial charge in [-0.15, -0.1) is 0 Å². The minimum absolute atomic E-state index is 0.188. The van der Waals surface area contributed by atoms with Crippen molar-refractivity contribution in [3.8, 4) is 0 Å². The number of anilines is 1. The van der Waals surface area contributed by atoms with Crippen LogP contribution in [0.5, 0.6) is 0 Å². The topological polar surface area (TPSA) is 90.4 Å². The van der Waals surface area contributed by atoms with Crippen molar-refractivity contribution in [2.24, 2.45) is 0 Å². The molecule has 5 rings (SSSR count). The summed E-state index contributed by atoms with van der Waals surface area (Å²) in [5.41, 5.74) is -0.528. The zero-order valence-corrected chi connectivity index (χ0v) is 20.1. The number of para-hydroxylation sites is 1. The van der Waals surface area contributed by atoms with Crippen molar-refractivity contribution in [1.29, 1.82) is 0 Å². The first-order valence-electron chi connectivity index (χ1n) is 11.6. The number of halogens is 1. The van der Waals surface area contributed by atoms with Crippen LogP contribution in [0.25, 0.3) is 5.76 Å². The van der Waals surface area contributed by atoms with E-state index in [1.807, 2.05) is 0 Å². The number of carbonyl (C=O) groups is 3. The number of hydrogen-bond donors (Lipinski definition) is 1. The molecule has 8 nitrogen and oxygen atoms in total. The van der Waals surface area contributed by atoms with Gasteiger partial charge < -0.3 is 19.6 Å². The summed E-state index contributed by atoms with van der Waals surface area (Å²) in [7, 11) is 1.62. The Labute approximate surface area is 208 Å². The largest absolute Gasteiger partial charge is 0.507 e. The lowest BCUT2D eigenvalue weighted by molar-refractivity contribution is -0.143. The molecular weight excluding hydrogens is 470 g/mol. The number of Topliss-reactive ketones (excluding diaryl/α,β-unsaturated/α-hetero) is 1. The van der Waals surface area contributed by atoms with E-state index in [0.29, 0.717) is 48.0 Å². The van der Waals surface area contributed by atoms with E-state index in [2.05, 4.69) is 4.90 Å². The van der Waals surface area contributed by atoms with Crippen LogP contribution in [0.2, 0.25) is 5.02 Å². The number of amides is 2. The summed E-state index contributed by atoms with van der Waals surface area (Å²) in [4.78, 5) is 45.8. The lowest BCUT2D eigenvalue weighted by Crippen LogP contribution is -2.52. The van der Waals surface area contributed by atoms with E-state index in [4.69, 9.17) is 16.3 Å². The van der Waals surface area contributed by atoms with Crippen molar-refractivity contribution < 1.29 is 24.2 Å². The first-order valence-corrected chi connectivity index (χ1v) is 12.0. The van der Waals surface area contributed by atoms with Crippen molar-refractivity contribution in [3.63, 3.8) is 0 Å². The Morgan fingerprint density at radius 1 is 1.03 bits per heavy atom. The maximum absolute atomic E-state index is 13.9. The van der Waals surface area contributed by atoms with Gasteiger partial charge in [0.1, 0.15) is 5.76 Å². The fourth-order valence-corrected chi connectivity index (χ4v) is 5.43. The normalized spacial score (nSPS) is 24.0. The molecule has 2 saturated heterocycles. The maximum Gasteiger partial charge on any atom is 0.296 e. The van der Waals surface area contributed by atoms with Crippen LogP contribution in [0.15, 0.2) is 54.1 Å². The number of likely N-dealkylation sites (N-methyl/N-ethyl adjacent to an activating group) is 1. The molecule has 0 radical (unpaired) electrons. The van der Waals surface area contributed by atoms with Gasteiger partial charge in [-0.2, -0.15) is 0 Å². The van der Waals surface area contributed by atoms with Crippen LogP contribution >= 0.6 is 11.6 Å². The average Bonchev–Trinajstić information content (AvgIpc) is 3.23. The van der Waals surface area contributed by atoms with Crippen molar-refractivity contribution in [2.75, 3.05) is 51.3 Å². The molecule has 3 aliphatic heterocycles. The first-order chi connectivity index (χ1) is 16.9. The average molecular weight is 496 g/mol. The SMILES string of the molecule is CN1C(=O)[C@@]2(C(=C(O)c3ccc(Cl)cc3)C(=O)C(=O)N2CCCN2CCOCC2)c2ccccc21. The second-order valence-corrected chi connectivity index (χ2v) is 9.35. The van der Waals surface area contributed by atoms with Crippen LogP contribution in [-0.2, 0) is 24.7 Å². The highest BCUT2D eigenvalue weighted by Gasteiger charge is 2.66. The molecule has 2 aromatic rings. The van der Waals surface area contributed by atoms with Gasteiger partial charge in [0.25, 0.3) is 17.6 Å². The fraction of sp³-hybridized carbons (Fsp3) is 0.346. The van der Waals surface area contributed by atoms with E-state index >= 15 is 0 Å². The summed E-state index contributed by atoms with van der Waals surface area (Å²) in [5.74, 6) is -2.50. The van der Waals surface area contributed by atoms with Crippen molar-refractivity contribution in [3.05, 3.63) is 70.3 Å². The van der Waals surface area contributed by atoms with Crippen LogP contribution in [0.4, 0.5) is 5.69 Å². The minimum atomic E-state index is -1.73. The van der Waals surface area contributed by atoms with Crippen LogP contribution in [0.1, 0.15) is 17.5 Å². The lowest BCUT2D eigenvalue weighted by Gasteiger charge is -2.35. The smallest absolute Gasteiger partial charge is 0.296 e. The second kappa shape index (κ2) is 9.11. The number of aliphatic hydroxyl groups excluding tert-OH is 1. The molecule has 0 unspecified atom stereocenters. The maximum atomic E-state index is 13.9. The third kappa shape index (κ3) is 3.64. The van der Waals surface area contributed by atoms with Gasteiger partial charge in [-0.05, 0) is 36.8 Å². The van der Waals surface area contributed by atoms with E-state index in [1.54, 1.807) is 55.6 Å². The van der Waals surface area contributed by atoms with Gasteiger partial charge in [0, 0.05) is 55.1 Å². The van der Waals surface area contributed by atoms with Crippen LogP contribution in [0, 0.1) is 0 Å². The summed E-state index contributed by atoms with van der Waals surface area (Å²) in [6.07, 6.45) is 0.564. The fourth-order valence-electron chi connectivity index (χ4n) is 5.30. The monoisotopic (exact) mass is 495 g/mol. The molecular formula is C26H26ClN3O5. The summed E-state index contributed by atoms with van der Waals surface area (Å²) >= 11 is 6.00. The zero-order chi connectivity index (χ0) is 24.7. The number of likely N-dealkylation sites (tertiary alicyclic amines) is 1. The number of rotatable bonds is 5. The number of ketones is 1. The number of hydrogen-bond acceptors (Lipinski definition) is 6. The molecule has 0 bridgehead atoms. The molecule has 0 aliphatic carbocycles. The first kappa shape index (κ1) is 23.5. The van der Waals surface area contributed by atoms with E-state index < -0.39 is 28.9 Å². The van der Waals surface area contributed by atoms with Gasteiger partial charge in [0.15, 0.2) is 5.54 Å². The van der Waals surface area contributed by atoms with Crippen LogP contribution in [0.3, 0.4) is 0 Å². The molecule has 1 N–H and O–H groups in total. The molecule has 1 spiro atoms. The molecule has 35 heavy (non-hydrogen) atoms. The molecule has 2 amide bonds. The van der Waals surface area contributed by atoms with Crippen LogP contribution in [-0.4, -0.2) is 78.9 Å². The molecule has 2 aromatic carbocycles. The van der Waals surface area contributed by atoms with Crippen molar-refractivity contribution in [2.45, 2.75) is 12.0 Å². The number of ether oxygens (including phenoxy) is 1. The Bertz CT molecular complexity index is 1220. The molecule has 3 aliphatic rings. The number of fused-ring (bicyclic) bond motifs is 2. The highest BCUT2D eigenvalue weighted by molar-refractivity contribution is 6.50. The van der Waals surface area contributed by atoms with E-state index in [1.165, 1.54) is 9.80 Å². The van der Waals surface area contributed by atoms with Gasteiger partial charge in [0.2, 0.25) is 0 Å². The molecule has 3 heterocycles. The summed E-state index contributed by atoms with van der Waals surface area (Å²) in [6, 6.07) is 13.4. The second-order valence-electron chi connectivity index (χ2n) is 8.92.